The molecule has 1 N–H and O–H groups in total. The molecule has 0 saturated carbocycles. The molecule has 3 heteroatoms. The van der Waals surface area contributed by atoms with Crippen molar-refractivity contribution in [2.24, 2.45) is 0 Å². The molecular formula is C15H20N2O. The maximum atomic E-state index is 5.42. The molecule has 1 aromatic heterocycles. The van der Waals surface area contributed by atoms with E-state index in [0.717, 1.165) is 40.9 Å². The Bertz CT molecular complexity index is 564. The lowest BCUT2D eigenvalue weighted by Gasteiger charge is -2.13. The zero-order chi connectivity index (χ0) is 13.1. The smallest absolute Gasteiger partial charge is 0.145 e. The number of aromatic nitrogens is 1. The fourth-order valence-electron chi connectivity index (χ4n) is 2.28. The number of rotatable bonds is 4. The maximum absolute atomic E-state index is 5.42. The molecule has 0 aliphatic carbocycles. The molecular weight excluding hydrogens is 224 g/mol. The van der Waals surface area contributed by atoms with E-state index in [1.165, 1.54) is 5.56 Å². The molecule has 1 heterocycles. The van der Waals surface area contributed by atoms with Gasteiger partial charge in [0.2, 0.25) is 0 Å². The summed E-state index contributed by atoms with van der Waals surface area (Å²) in [5, 5.41) is 4.42. The van der Waals surface area contributed by atoms with E-state index in [9.17, 15) is 0 Å². The van der Waals surface area contributed by atoms with Gasteiger partial charge in [-0.3, -0.25) is 0 Å². The van der Waals surface area contributed by atoms with E-state index in [0.29, 0.717) is 0 Å². The summed E-state index contributed by atoms with van der Waals surface area (Å²) in [6.45, 7) is 4.27. The maximum Gasteiger partial charge on any atom is 0.145 e. The summed E-state index contributed by atoms with van der Waals surface area (Å²) in [5.74, 6) is 0.838. The minimum atomic E-state index is 0.838. The van der Waals surface area contributed by atoms with Crippen LogP contribution in [0.2, 0.25) is 0 Å². The van der Waals surface area contributed by atoms with Crippen molar-refractivity contribution in [2.45, 2.75) is 26.7 Å². The van der Waals surface area contributed by atoms with E-state index in [1.54, 1.807) is 7.11 Å². The van der Waals surface area contributed by atoms with Crippen LogP contribution in [-0.4, -0.2) is 19.1 Å². The van der Waals surface area contributed by atoms with Gasteiger partial charge in [-0.1, -0.05) is 19.4 Å². The number of nitrogens with zero attached hydrogens (tertiary/aromatic N) is 1. The summed E-state index contributed by atoms with van der Waals surface area (Å²) in [6.07, 6.45) is 2.08. The van der Waals surface area contributed by atoms with E-state index >= 15 is 0 Å². The molecule has 96 valence electrons. The van der Waals surface area contributed by atoms with Crippen LogP contribution in [-0.2, 0) is 6.42 Å². The Kier molecular flexibility index (Phi) is 3.70. The number of ether oxygens (including phenoxy) is 1. The first kappa shape index (κ1) is 12.7. The van der Waals surface area contributed by atoms with Crippen molar-refractivity contribution in [1.29, 1.82) is 0 Å². The quantitative estimate of drug-likeness (QED) is 0.893. The number of hydrogen-bond donors (Lipinski definition) is 1. The molecule has 3 nitrogen and oxygen atoms in total. The standard InChI is InChI=1S/C15H20N2O/c1-5-6-11-9-12(16-3)14-10(2)7-8-13(18-4)15(14)17-11/h7-9H,5-6H2,1-4H3,(H,16,17). The Balaban J connectivity index is 2.77. The SMILES string of the molecule is CCCc1cc(NC)c2c(C)ccc(OC)c2n1. The molecule has 2 rings (SSSR count). The molecule has 0 fully saturated rings. The fourth-order valence-corrected chi connectivity index (χ4v) is 2.28. The summed E-state index contributed by atoms with van der Waals surface area (Å²) in [4.78, 5) is 4.74. The van der Waals surface area contributed by atoms with Crippen LogP contribution in [0.1, 0.15) is 24.6 Å². The van der Waals surface area contributed by atoms with Crippen molar-refractivity contribution in [3.05, 3.63) is 29.5 Å². The van der Waals surface area contributed by atoms with Gasteiger partial charge in [-0.25, -0.2) is 4.98 Å². The number of methoxy groups -OCH3 is 1. The second-order valence-corrected chi connectivity index (χ2v) is 4.47. The van der Waals surface area contributed by atoms with Gasteiger partial charge in [0.15, 0.2) is 0 Å². The summed E-state index contributed by atoms with van der Waals surface area (Å²) in [6, 6.07) is 6.20. The summed E-state index contributed by atoms with van der Waals surface area (Å²) < 4.78 is 5.42. The minimum absolute atomic E-state index is 0.838. The first-order chi connectivity index (χ1) is 8.71. The van der Waals surface area contributed by atoms with E-state index in [2.05, 4.69) is 31.3 Å². The van der Waals surface area contributed by atoms with Crippen molar-refractivity contribution in [2.75, 3.05) is 19.5 Å². The zero-order valence-corrected chi connectivity index (χ0v) is 11.5. The summed E-state index contributed by atoms with van der Waals surface area (Å²) in [5.41, 5.74) is 4.40. The van der Waals surface area contributed by atoms with Crippen LogP contribution in [0.15, 0.2) is 18.2 Å². The van der Waals surface area contributed by atoms with Crippen LogP contribution >= 0.6 is 0 Å². The molecule has 0 aliphatic rings. The van der Waals surface area contributed by atoms with Crippen molar-refractivity contribution in [3.8, 4) is 5.75 Å². The number of pyridine rings is 1. The predicted molar refractivity (Wildman–Crippen MR) is 76.6 cm³/mol. The number of aryl methyl sites for hydroxylation is 2. The highest BCUT2D eigenvalue weighted by molar-refractivity contribution is 5.97. The molecule has 0 amide bonds. The molecule has 0 spiro atoms. The van der Waals surface area contributed by atoms with Crippen LogP contribution in [0.25, 0.3) is 10.9 Å². The molecule has 2 aromatic rings. The Morgan fingerprint density at radius 3 is 2.72 bits per heavy atom. The zero-order valence-electron chi connectivity index (χ0n) is 11.5. The predicted octanol–water partition coefficient (Wildman–Crippen LogP) is 3.55. The van der Waals surface area contributed by atoms with Gasteiger partial charge in [0, 0.05) is 23.8 Å². The lowest BCUT2D eigenvalue weighted by molar-refractivity contribution is 0.418. The molecule has 18 heavy (non-hydrogen) atoms. The monoisotopic (exact) mass is 244 g/mol. The third-order valence-corrected chi connectivity index (χ3v) is 3.18. The fraction of sp³-hybridized carbons (Fsp3) is 0.400. The van der Waals surface area contributed by atoms with Crippen LogP contribution in [0.5, 0.6) is 5.75 Å². The molecule has 1 aromatic carbocycles. The first-order valence-corrected chi connectivity index (χ1v) is 6.36. The molecule has 0 radical (unpaired) electrons. The van der Waals surface area contributed by atoms with Gasteiger partial charge in [0.25, 0.3) is 0 Å². The van der Waals surface area contributed by atoms with Crippen LogP contribution in [0.4, 0.5) is 5.69 Å². The number of nitrogens with one attached hydrogen (secondary N) is 1. The highest BCUT2D eigenvalue weighted by Crippen LogP contribution is 2.32. The van der Waals surface area contributed by atoms with Crippen molar-refractivity contribution in [1.82, 2.24) is 4.98 Å². The lowest BCUT2D eigenvalue weighted by atomic mass is 10.0. The van der Waals surface area contributed by atoms with E-state index in [4.69, 9.17) is 9.72 Å². The third-order valence-electron chi connectivity index (χ3n) is 3.18. The number of benzene rings is 1. The van der Waals surface area contributed by atoms with Crippen LogP contribution in [0.3, 0.4) is 0 Å². The Labute approximate surface area is 108 Å². The van der Waals surface area contributed by atoms with Gasteiger partial charge in [-0.15, -0.1) is 0 Å². The normalized spacial score (nSPS) is 10.7. The van der Waals surface area contributed by atoms with Crippen LogP contribution < -0.4 is 10.1 Å². The Hall–Kier alpha value is -1.77. The van der Waals surface area contributed by atoms with Gasteiger partial charge >= 0.3 is 0 Å². The average molecular weight is 244 g/mol. The van der Waals surface area contributed by atoms with E-state index in [1.807, 2.05) is 13.1 Å². The van der Waals surface area contributed by atoms with E-state index in [-0.39, 0.29) is 0 Å². The molecule has 0 atom stereocenters. The largest absolute Gasteiger partial charge is 0.494 e. The number of hydrogen-bond acceptors (Lipinski definition) is 3. The molecule has 0 aliphatic heterocycles. The van der Waals surface area contributed by atoms with Crippen LogP contribution in [0, 0.1) is 6.92 Å². The lowest BCUT2D eigenvalue weighted by Crippen LogP contribution is -1.99. The highest BCUT2D eigenvalue weighted by Gasteiger charge is 2.11. The number of anilines is 1. The summed E-state index contributed by atoms with van der Waals surface area (Å²) in [7, 11) is 3.64. The topological polar surface area (TPSA) is 34.1 Å². The summed E-state index contributed by atoms with van der Waals surface area (Å²) >= 11 is 0. The Morgan fingerprint density at radius 2 is 2.11 bits per heavy atom. The third kappa shape index (κ3) is 2.13. The van der Waals surface area contributed by atoms with Crippen molar-refractivity contribution < 1.29 is 4.74 Å². The van der Waals surface area contributed by atoms with Gasteiger partial charge in [0.05, 0.1) is 7.11 Å². The average Bonchev–Trinajstić information content (AvgIpc) is 2.38. The molecule has 0 bridgehead atoms. The van der Waals surface area contributed by atoms with Gasteiger partial charge in [0.1, 0.15) is 11.3 Å². The molecule has 0 saturated heterocycles. The van der Waals surface area contributed by atoms with Gasteiger partial charge < -0.3 is 10.1 Å². The number of fused-ring (bicyclic) bond motifs is 1. The van der Waals surface area contributed by atoms with Gasteiger partial charge in [-0.05, 0) is 31.0 Å². The Morgan fingerprint density at radius 1 is 1.33 bits per heavy atom. The first-order valence-electron chi connectivity index (χ1n) is 6.36. The van der Waals surface area contributed by atoms with Crippen molar-refractivity contribution in [3.63, 3.8) is 0 Å². The molecule has 0 unspecified atom stereocenters. The van der Waals surface area contributed by atoms with E-state index < -0.39 is 0 Å². The second-order valence-electron chi connectivity index (χ2n) is 4.47. The minimum Gasteiger partial charge on any atom is -0.494 e. The van der Waals surface area contributed by atoms with Crippen molar-refractivity contribution >= 4 is 16.6 Å². The second kappa shape index (κ2) is 5.25. The van der Waals surface area contributed by atoms with Gasteiger partial charge in [-0.2, -0.15) is 0 Å². The highest BCUT2D eigenvalue weighted by atomic mass is 16.5.